The maximum Gasteiger partial charge on any atom is 0.306 e. The number of unbranched alkanes of at least 4 members (excludes halogenated alkanes) is 42. The minimum absolute atomic E-state index is 0.0727. The van der Waals surface area contributed by atoms with Crippen LogP contribution in [0.25, 0.3) is 0 Å². The molecule has 1 unspecified atom stereocenters. The molecule has 0 rings (SSSR count). The van der Waals surface area contributed by atoms with Gasteiger partial charge in [0.2, 0.25) is 0 Å². The van der Waals surface area contributed by atoms with Crippen molar-refractivity contribution < 1.29 is 28.6 Å². The molecule has 0 fully saturated rings. The summed E-state index contributed by atoms with van der Waals surface area (Å²) in [6, 6.07) is 0. The zero-order chi connectivity index (χ0) is 54.3. The van der Waals surface area contributed by atoms with Crippen molar-refractivity contribution in [2.45, 2.75) is 361 Å². The normalized spacial score (nSPS) is 12.3. The predicted octanol–water partition coefficient (Wildman–Crippen LogP) is 22.6. The SMILES string of the molecule is CC/C=C\C/C=C\C/C=C\C/C=C\CCCCCCCCCCC(=O)OC(COC(=O)CCCCCCCC)COC(=O)CCCCCCCCCCCCCCCCCCCCCCCCCCCCCCCC. The van der Waals surface area contributed by atoms with Crippen LogP contribution in [0, 0.1) is 0 Å². The lowest BCUT2D eigenvalue weighted by atomic mass is 10.0. The van der Waals surface area contributed by atoms with Gasteiger partial charge in [0.1, 0.15) is 13.2 Å². The molecule has 0 aromatic carbocycles. The minimum atomic E-state index is -0.773. The fourth-order valence-corrected chi connectivity index (χ4v) is 9.91. The Hall–Kier alpha value is -2.63. The molecule has 6 nitrogen and oxygen atoms in total. The second-order valence-electron chi connectivity index (χ2n) is 22.4. The Labute approximate surface area is 467 Å². The van der Waals surface area contributed by atoms with Gasteiger partial charge in [-0.25, -0.2) is 0 Å². The lowest BCUT2D eigenvalue weighted by Gasteiger charge is -2.18. The van der Waals surface area contributed by atoms with Crippen molar-refractivity contribution in [2.24, 2.45) is 0 Å². The molecule has 6 heteroatoms. The molecule has 0 radical (unpaired) electrons. The Morgan fingerprint density at radius 2 is 0.520 bits per heavy atom. The van der Waals surface area contributed by atoms with Crippen molar-refractivity contribution in [2.75, 3.05) is 13.2 Å². The summed E-state index contributed by atoms with van der Waals surface area (Å²) in [5.74, 6) is -0.872. The molecular weight excluding hydrogens is 925 g/mol. The van der Waals surface area contributed by atoms with Crippen molar-refractivity contribution >= 4 is 17.9 Å². The van der Waals surface area contributed by atoms with Crippen LogP contribution < -0.4 is 0 Å². The molecule has 0 amide bonds. The van der Waals surface area contributed by atoms with Crippen molar-refractivity contribution in [3.05, 3.63) is 48.6 Å². The van der Waals surface area contributed by atoms with Crippen LogP contribution in [0.15, 0.2) is 48.6 Å². The number of ether oxygens (including phenoxy) is 3. The third-order valence-electron chi connectivity index (χ3n) is 14.8. The molecule has 0 heterocycles. The van der Waals surface area contributed by atoms with E-state index < -0.39 is 6.10 Å². The van der Waals surface area contributed by atoms with Crippen LogP contribution in [0.1, 0.15) is 355 Å². The molecule has 438 valence electrons. The third kappa shape index (κ3) is 62.1. The van der Waals surface area contributed by atoms with E-state index in [4.69, 9.17) is 14.2 Å². The lowest BCUT2D eigenvalue weighted by molar-refractivity contribution is -0.167. The number of carbonyl (C=O) groups is 3. The fraction of sp³-hybridized carbons (Fsp3) is 0.841. The summed E-state index contributed by atoms with van der Waals surface area (Å²) in [5.41, 5.74) is 0. The van der Waals surface area contributed by atoms with Crippen molar-refractivity contribution in [3.8, 4) is 0 Å². The highest BCUT2D eigenvalue weighted by Gasteiger charge is 2.19. The second kappa shape index (κ2) is 63.9. The first-order valence-electron chi connectivity index (χ1n) is 33.1. The van der Waals surface area contributed by atoms with E-state index in [0.717, 1.165) is 89.9 Å². The van der Waals surface area contributed by atoms with E-state index in [-0.39, 0.29) is 31.1 Å². The number of carbonyl (C=O) groups excluding carboxylic acids is 3. The number of allylic oxidation sites excluding steroid dienone is 8. The molecule has 75 heavy (non-hydrogen) atoms. The van der Waals surface area contributed by atoms with Gasteiger partial charge < -0.3 is 14.2 Å². The van der Waals surface area contributed by atoms with Gasteiger partial charge in [-0.05, 0) is 57.8 Å². The fourth-order valence-electron chi connectivity index (χ4n) is 9.91. The molecule has 0 saturated carbocycles. The number of hydrogen-bond donors (Lipinski definition) is 0. The highest BCUT2D eigenvalue weighted by atomic mass is 16.6. The second-order valence-corrected chi connectivity index (χ2v) is 22.4. The van der Waals surface area contributed by atoms with Crippen LogP contribution in [0.3, 0.4) is 0 Å². The summed E-state index contributed by atoms with van der Waals surface area (Å²) < 4.78 is 16.8. The molecular formula is C69H126O6. The van der Waals surface area contributed by atoms with E-state index in [2.05, 4.69) is 69.4 Å². The van der Waals surface area contributed by atoms with E-state index in [0.29, 0.717) is 19.3 Å². The first-order chi connectivity index (χ1) is 37.0. The van der Waals surface area contributed by atoms with Crippen LogP contribution in [0.4, 0.5) is 0 Å². The van der Waals surface area contributed by atoms with Gasteiger partial charge in [0, 0.05) is 19.3 Å². The van der Waals surface area contributed by atoms with Crippen molar-refractivity contribution in [1.29, 1.82) is 0 Å². The maximum absolute atomic E-state index is 12.8. The molecule has 0 aromatic heterocycles. The van der Waals surface area contributed by atoms with Crippen LogP contribution in [-0.2, 0) is 28.6 Å². The van der Waals surface area contributed by atoms with Crippen LogP contribution >= 0.6 is 0 Å². The van der Waals surface area contributed by atoms with Gasteiger partial charge in [0.25, 0.3) is 0 Å². The standard InChI is InChI=1S/C69H126O6/c1-4-7-10-13-16-18-20-22-24-26-28-30-31-32-33-34-35-36-37-38-40-41-43-45-47-49-51-53-56-59-62-68(71)74-65-66(64-73-67(70)61-58-55-15-12-9-6-3)75-69(72)63-60-57-54-52-50-48-46-44-42-39-29-27-25-23-21-19-17-14-11-8-5-2/h8,11,17,19,23,25,29,39,66H,4-7,9-10,12-16,18,20-22,24,26-28,30-38,40-65H2,1-3H3/b11-8-,19-17-,25-23-,39-29-. The van der Waals surface area contributed by atoms with E-state index in [1.54, 1.807) is 0 Å². The summed E-state index contributed by atoms with van der Waals surface area (Å²) in [7, 11) is 0. The molecule has 0 aromatic rings. The molecule has 0 aliphatic rings. The Morgan fingerprint density at radius 1 is 0.280 bits per heavy atom. The van der Waals surface area contributed by atoms with Gasteiger partial charge in [0.05, 0.1) is 0 Å². The Morgan fingerprint density at radius 3 is 0.813 bits per heavy atom. The van der Waals surface area contributed by atoms with E-state index in [1.807, 2.05) is 0 Å². The van der Waals surface area contributed by atoms with Gasteiger partial charge in [0.15, 0.2) is 6.10 Å². The molecule has 0 aliphatic carbocycles. The van der Waals surface area contributed by atoms with Gasteiger partial charge in [-0.15, -0.1) is 0 Å². The first-order valence-corrected chi connectivity index (χ1v) is 33.1. The predicted molar refractivity (Wildman–Crippen MR) is 325 cm³/mol. The van der Waals surface area contributed by atoms with Crippen LogP contribution in [0.2, 0.25) is 0 Å². The maximum atomic E-state index is 12.8. The molecule has 0 bridgehead atoms. The zero-order valence-electron chi connectivity index (χ0n) is 50.3. The minimum Gasteiger partial charge on any atom is -0.462 e. The van der Waals surface area contributed by atoms with E-state index in [1.165, 1.54) is 225 Å². The van der Waals surface area contributed by atoms with Gasteiger partial charge in [-0.1, -0.05) is 326 Å². The van der Waals surface area contributed by atoms with Crippen LogP contribution in [-0.4, -0.2) is 37.2 Å². The number of esters is 3. The highest BCUT2D eigenvalue weighted by molar-refractivity contribution is 5.71. The van der Waals surface area contributed by atoms with Crippen LogP contribution in [0.5, 0.6) is 0 Å². The first kappa shape index (κ1) is 72.4. The molecule has 0 aliphatic heterocycles. The number of rotatable bonds is 61. The largest absolute Gasteiger partial charge is 0.462 e. The molecule has 0 N–H and O–H groups in total. The molecule has 0 saturated heterocycles. The van der Waals surface area contributed by atoms with E-state index >= 15 is 0 Å². The Kier molecular flexibility index (Phi) is 61.7. The van der Waals surface area contributed by atoms with E-state index in [9.17, 15) is 14.4 Å². The summed E-state index contributed by atoms with van der Waals surface area (Å²) in [6.45, 7) is 6.51. The third-order valence-corrected chi connectivity index (χ3v) is 14.8. The highest BCUT2D eigenvalue weighted by Crippen LogP contribution is 2.18. The average molecular weight is 1050 g/mol. The van der Waals surface area contributed by atoms with Gasteiger partial charge in [-0.3, -0.25) is 14.4 Å². The summed E-state index contributed by atoms with van der Waals surface area (Å²) in [5, 5.41) is 0. The Bertz CT molecular complexity index is 1300. The van der Waals surface area contributed by atoms with Crippen molar-refractivity contribution in [1.82, 2.24) is 0 Å². The summed E-state index contributed by atoms with van der Waals surface area (Å²) >= 11 is 0. The summed E-state index contributed by atoms with van der Waals surface area (Å²) in [4.78, 5) is 38.0. The monoisotopic (exact) mass is 1050 g/mol. The topological polar surface area (TPSA) is 78.9 Å². The van der Waals surface area contributed by atoms with Gasteiger partial charge in [-0.2, -0.15) is 0 Å². The van der Waals surface area contributed by atoms with Crippen molar-refractivity contribution in [3.63, 3.8) is 0 Å². The Balaban J connectivity index is 3.99. The zero-order valence-corrected chi connectivity index (χ0v) is 50.3. The smallest absolute Gasteiger partial charge is 0.306 e. The number of hydrogen-bond acceptors (Lipinski definition) is 6. The lowest BCUT2D eigenvalue weighted by Crippen LogP contribution is -2.30. The quantitative estimate of drug-likeness (QED) is 0.0261. The van der Waals surface area contributed by atoms with Gasteiger partial charge >= 0.3 is 17.9 Å². The molecule has 0 spiro atoms. The average Bonchev–Trinajstić information content (AvgIpc) is 3.41. The molecule has 1 atom stereocenters. The summed E-state index contributed by atoms with van der Waals surface area (Å²) in [6.07, 6.45) is 80.4.